The summed E-state index contributed by atoms with van der Waals surface area (Å²) in [6.07, 6.45) is 0.125. The molecule has 0 aliphatic carbocycles. The van der Waals surface area contributed by atoms with Gasteiger partial charge in [-0.2, -0.15) is 0 Å². The van der Waals surface area contributed by atoms with Gasteiger partial charge in [0.25, 0.3) is 0 Å². The van der Waals surface area contributed by atoms with Crippen molar-refractivity contribution in [2.45, 2.75) is 12.5 Å². The second kappa shape index (κ2) is 7.34. The fraction of sp³-hybridized carbons (Fsp3) is 0.263. The number of anilines is 2. The van der Waals surface area contributed by atoms with E-state index in [1.165, 1.54) is 6.07 Å². The molecule has 9 heteroatoms. The quantitative estimate of drug-likeness (QED) is 0.846. The Bertz CT molecular complexity index is 937. The first kappa shape index (κ1) is 18.0. The third-order valence-electron chi connectivity index (χ3n) is 4.48. The van der Waals surface area contributed by atoms with Crippen LogP contribution in [0, 0.1) is 11.6 Å². The molecule has 28 heavy (non-hydrogen) atoms. The van der Waals surface area contributed by atoms with Gasteiger partial charge in [0.15, 0.2) is 23.1 Å². The number of carbonyl (C=O) groups excluding carboxylic acids is 2. The molecule has 0 saturated carbocycles. The lowest BCUT2D eigenvalue weighted by molar-refractivity contribution is -0.117. The van der Waals surface area contributed by atoms with Crippen molar-refractivity contribution in [1.82, 2.24) is 5.32 Å². The second-order valence-corrected chi connectivity index (χ2v) is 6.46. The van der Waals surface area contributed by atoms with Crippen molar-refractivity contribution < 1.29 is 27.8 Å². The highest BCUT2D eigenvalue weighted by molar-refractivity contribution is 5.98. The summed E-state index contributed by atoms with van der Waals surface area (Å²) < 4.78 is 37.2. The molecule has 1 fully saturated rings. The van der Waals surface area contributed by atoms with E-state index in [1.807, 2.05) is 0 Å². The molecule has 4 rings (SSSR count). The van der Waals surface area contributed by atoms with E-state index < -0.39 is 23.7 Å². The predicted octanol–water partition coefficient (Wildman–Crippen LogP) is 2.66. The smallest absolute Gasteiger partial charge is 0.319 e. The van der Waals surface area contributed by atoms with Crippen LogP contribution in [0.1, 0.15) is 6.42 Å². The first-order valence-corrected chi connectivity index (χ1v) is 8.72. The Labute approximate surface area is 159 Å². The first-order valence-electron chi connectivity index (χ1n) is 8.72. The van der Waals surface area contributed by atoms with Gasteiger partial charge in [-0.15, -0.1) is 0 Å². The number of rotatable bonds is 3. The van der Waals surface area contributed by atoms with Gasteiger partial charge < -0.3 is 25.0 Å². The van der Waals surface area contributed by atoms with Crippen LogP contribution in [0.3, 0.4) is 0 Å². The Kier molecular flexibility index (Phi) is 4.72. The number of carbonyl (C=O) groups is 2. The molecule has 2 aromatic carbocycles. The highest BCUT2D eigenvalue weighted by Crippen LogP contribution is 2.35. The Hall–Kier alpha value is -3.36. The fourth-order valence-corrected chi connectivity index (χ4v) is 3.18. The highest BCUT2D eigenvalue weighted by atomic mass is 19.2. The number of benzene rings is 2. The Morgan fingerprint density at radius 2 is 1.82 bits per heavy atom. The maximum atomic E-state index is 13.2. The van der Waals surface area contributed by atoms with Gasteiger partial charge in [-0.1, -0.05) is 0 Å². The van der Waals surface area contributed by atoms with Crippen molar-refractivity contribution in [1.29, 1.82) is 0 Å². The van der Waals surface area contributed by atoms with E-state index in [1.54, 1.807) is 23.1 Å². The molecule has 2 aliphatic rings. The van der Waals surface area contributed by atoms with Gasteiger partial charge >= 0.3 is 6.03 Å². The SMILES string of the molecule is O=C(Nc1ccc(F)c(F)c1)N[C@@H]1CC(=O)N(c2ccc3c(c2)OCCO3)C1. The van der Waals surface area contributed by atoms with Crippen molar-refractivity contribution in [3.8, 4) is 11.5 Å². The number of amides is 3. The minimum atomic E-state index is -1.06. The largest absolute Gasteiger partial charge is 0.486 e. The molecule has 0 radical (unpaired) electrons. The Morgan fingerprint density at radius 1 is 1.04 bits per heavy atom. The number of nitrogens with zero attached hydrogens (tertiary/aromatic N) is 1. The van der Waals surface area contributed by atoms with Crippen LogP contribution < -0.4 is 25.0 Å². The van der Waals surface area contributed by atoms with Gasteiger partial charge in [0, 0.05) is 36.5 Å². The van der Waals surface area contributed by atoms with E-state index >= 15 is 0 Å². The fourth-order valence-electron chi connectivity index (χ4n) is 3.18. The number of urea groups is 1. The zero-order chi connectivity index (χ0) is 19.7. The molecule has 0 aromatic heterocycles. The van der Waals surface area contributed by atoms with Crippen molar-refractivity contribution >= 4 is 23.3 Å². The van der Waals surface area contributed by atoms with Crippen LogP contribution in [0.25, 0.3) is 0 Å². The monoisotopic (exact) mass is 389 g/mol. The van der Waals surface area contributed by atoms with Crippen molar-refractivity contribution in [2.75, 3.05) is 30.0 Å². The average molecular weight is 389 g/mol. The highest BCUT2D eigenvalue weighted by Gasteiger charge is 2.32. The first-order chi connectivity index (χ1) is 13.5. The molecule has 7 nitrogen and oxygen atoms in total. The van der Waals surface area contributed by atoms with E-state index in [0.717, 1.165) is 12.1 Å². The minimum absolute atomic E-state index is 0.115. The lowest BCUT2D eigenvalue weighted by Crippen LogP contribution is -2.39. The van der Waals surface area contributed by atoms with Crippen LogP contribution in [0.5, 0.6) is 11.5 Å². The third kappa shape index (κ3) is 3.68. The summed E-state index contributed by atoms with van der Waals surface area (Å²) in [5, 5.41) is 5.09. The lowest BCUT2D eigenvalue weighted by Gasteiger charge is -2.22. The van der Waals surface area contributed by atoms with Crippen molar-refractivity contribution in [3.63, 3.8) is 0 Å². The number of hydrogen-bond donors (Lipinski definition) is 2. The van der Waals surface area contributed by atoms with E-state index in [-0.39, 0.29) is 24.6 Å². The van der Waals surface area contributed by atoms with Crippen LogP contribution in [0.4, 0.5) is 25.0 Å². The molecule has 3 amide bonds. The molecule has 2 heterocycles. The zero-order valence-electron chi connectivity index (χ0n) is 14.7. The van der Waals surface area contributed by atoms with Gasteiger partial charge in [-0.25, -0.2) is 13.6 Å². The predicted molar refractivity (Wildman–Crippen MR) is 96.7 cm³/mol. The van der Waals surface area contributed by atoms with E-state index in [4.69, 9.17) is 9.47 Å². The van der Waals surface area contributed by atoms with Crippen LogP contribution in [0.15, 0.2) is 36.4 Å². The van der Waals surface area contributed by atoms with Crippen LogP contribution in [-0.2, 0) is 4.79 Å². The standard InChI is InChI=1S/C19H17F2N3O4/c20-14-3-1-11(7-15(14)21)22-19(26)23-12-8-18(25)24(10-12)13-2-4-16-17(9-13)28-6-5-27-16/h1-4,7,9,12H,5-6,8,10H2,(H2,22,23,26)/t12-/m1/s1. The zero-order valence-corrected chi connectivity index (χ0v) is 14.7. The molecule has 0 unspecified atom stereocenters. The van der Waals surface area contributed by atoms with Crippen LogP contribution >= 0.6 is 0 Å². The Balaban J connectivity index is 1.39. The number of nitrogens with one attached hydrogen (secondary N) is 2. The molecule has 2 aliphatic heterocycles. The topological polar surface area (TPSA) is 79.9 Å². The lowest BCUT2D eigenvalue weighted by atomic mass is 10.2. The summed E-state index contributed by atoms with van der Waals surface area (Å²) in [5.74, 6) is -0.998. The number of fused-ring (bicyclic) bond motifs is 1. The Morgan fingerprint density at radius 3 is 2.61 bits per heavy atom. The molecule has 2 N–H and O–H groups in total. The summed E-state index contributed by atoms with van der Waals surface area (Å²) in [7, 11) is 0. The summed E-state index contributed by atoms with van der Waals surface area (Å²) in [6.45, 7) is 1.20. The van der Waals surface area contributed by atoms with Crippen LogP contribution in [-0.4, -0.2) is 37.7 Å². The number of halogens is 2. The van der Waals surface area contributed by atoms with E-state index in [0.29, 0.717) is 30.4 Å². The van der Waals surface area contributed by atoms with Gasteiger partial charge in [0.05, 0.1) is 6.04 Å². The van der Waals surface area contributed by atoms with Gasteiger partial charge in [-0.05, 0) is 24.3 Å². The van der Waals surface area contributed by atoms with Crippen molar-refractivity contribution in [2.24, 2.45) is 0 Å². The van der Waals surface area contributed by atoms with Crippen LogP contribution in [0.2, 0.25) is 0 Å². The molecule has 1 saturated heterocycles. The number of ether oxygens (including phenoxy) is 2. The maximum Gasteiger partial charge on any atom is 0.319 e. The molecule has 0 spiro atoms. The van der Waals surface area contributed by atoms with Gasteiger partial charge in [-0.3, -0.25) is 4.79 Å². The van der Waals surface area contributed by atoms with Gasteiger partial charge in [0.2, 0.25) is 5.91 Å². The second-order valence-electron chi connectivity index (χ2n) is 6.46. The van der Waals surface area contributed by atoms with E-state index in [9.17, 15) is 18.4 Å². The minimum Gasteiger partial charge on any atom is -0.486 e. The normalized spacial score (nSPS) is 18.1. The molecule has 2 aromatic rings. The molecule has 0 bridgehead atoms. The van der Waals surface area contributed by atoms with Crippen molar-refractivity contribution in [3.05, 3.63) is 48.0 Å². The third-order valence-corrected chi connectivity index (χ3v) is 4.48. The summed E-state index contributed by atoms with van der Waals surface area (Å²) in [5.41, 5.74) is 0.768. The molecular formula is C19H17F2N3O4. The average Bonchev–Trinajstić information content (AvgIpc) is 3.04. The molecule has 146 valence electrons. The maximum absolute atomic E-state index is 13.2. The van der Waals surface area contributed by atoms with Gasteiger partial charge in [0.1, 0.15) is 13.2 Å². The summed E-state index contributed by atoms with van der Waals surface area (Å²) in [4.78, 5) is 26.0. The van der Waals surface area contributed by atoms with E-state index in [2.05, 4.69) is 10.6 Å². The molecular weight excluding hydrogens is 372 g/mol. The summed E-state index contributed by atoms with van der Waals surface area (Å²) in [6, 6.07) is 7.26. The molecule has 1 atom stereocenters. The summed E-state index contributed by atoms with van der Waals surface area (Å²) >= 11 is 0. The number of hydrogen-bond acceptors (Lipinski definition) is 4.